The minimum atomic E-state index is -0.183. The van der Waals surface area contributed by atoms with Gasteiger partial charge < -0.3 is 28.8 Å². The Morgan fingerprint density at radius 2 is 1.19 bits per heavy atom. The highest BCUT2D eigenvalue weighted by Gasteiger charge is 1.99. The van der Waals surface area contributed by atoms with E-state index in [0.29, 0.717) is 59.3 Å². The molecular weight excluding hydrogens is 280 g/mol. The van der Waals surface area contributed by atoms with Gasteiger partial charge in [0.15, 0.2) is 0 Å². The van der Waals surface area contributed by atoms with Crippen molar-refractivity contribution in [1.29, 1.82) is 0 Å². The Kier molecular flexibility index (Phi) is 16.7. The molecule has 0 atom stereocenters. The molecule has 0 saturated carbocycles. The van der Waals surface area contributed by atoms with Crippen LogP contribution in [0.3, 0.4) is 0 Å². The Bertz CT molecular complexity index is 223. The van der Waals surface area contributed by atoms with Crippen molar-refractivity contribution in [2.24, 2.45) is 0 Å². The Morgan fingerprint density at radius 3 is 1.62 bits per heavy atom. The van der Waals surface area contributed by atoms with E-state index in [9.17, 15) is 4.79 Å². The largest absolute Gasteiger partial charge is 0.463 e. The van der Waals surface area contributed by atoms with E-state index in [2.05, 4.69) is 0 Å². The molecule has 7 nitrogen and oxygen atoms in total. The van der Waals surface area contributed by atoms with Gasteiger partial charge in [0.25, 0.3) is 0 Å². The molecule has 21 heavy (non-hydrogen) atoms. The van der Waals surface area contributed by atoms with Crippen LogP contribution in [0.5, 0.6) is 0 Å². The van der Waals surface area contributed by atoms with Crippen molar-refractivity contribution in [3.05, 3.63) is 0 Å². The summed E-state index contributed by atoms with van der Waals surface area (Å²) in [4.78, 5) is 11.0. The number of hydrogen-bond acceptors (Lipinski definition) is 7. The van der Waals surface area contributed by atoms with Crippen molar-refractivity contribution in [3.63, 3.8) is 0 Å². The fraction of sp³-hybridized carbons (Fsp3) is 0.929. The fourth-order valence-corrected chi connectivity index (χ4v) is 1.32. The molecule has 0 aromatic carbocycles. The third-order valence-electron chi connectivity index (χ3n) is 2.30. The van der Waals surface area contributed by atoms with Gasteiger partial charge in [0.2, 0.25) is 0 Å². The summed E-state index contributed by atoms with van der Waals surface area (Å²) in [5.74, 6) is -0.183. The van der Waals surface area contributed by atoms with E-state index in [-0.39, 0.29) is 19.2 Å². The molecule has 0 aliphatic rings. The second-order valence-electron chi connectivity index (χ2n) is 4.14. The lowest BCUT2D eigenvalue weighted by molar-refractivity contribution is -0.145. The first-order valence-electron chi connectivity index (χ1n) is 7.38. The van der Waals surface area contributed by atoms with E-state index >= 15 is 0 Å². The minimum Gasteiger partial charge on any atom is -0.463 e. The number of ether oxygens (including phenoxy) is 5. The van der Waals surface area contributed by atoms with Crippen molar-refractivity contribution >= 4 is 5.97 Å². The molecule has 0 aliphatic heterocycles. The van der Waals surface area contributed by atoms with E-state index < -0.39 is 0 Å². The van der Waals surface area contributed by atoms with Crippen molar-refractivity contribution in [2.75, 3.05) is 66.1 Å². The zero-order valence-electron chi connectivity index (χ0n) is 12.9. The summed E-state index contributed by atoms with van der Waals surface area (Å²) < 4.78 is 25.7. The number of rotatable bonds is 16. The molecule has 126 valence electrons. The van der Waals surface area contributed by atoms with E-state index in [4.69, 9.17) is 28.8 Å². The highest BCUT2D eigenvalue weighted by atomic mass is 16.6. The van der Waals surface area contributed by atoms with Crippen LogP contribution in [0.4, 0.5) is 0 Å². The van der Waals surface area contributed by atoms with Crippen molar-refractivity contribution in [3.8, 4) is 0 Å². The smallest absolute Gasteiger partial charge is 0.305 e. The van der Waals surface area contributed by atoms with E-state index in [1.807, 2.05) is 6.92 Å². The van der Waals surface area contributed by atoms with Gasteiger partial charge in [0.05, 0.1) is 59.5 Å². The van der Waals surface area contributed by atoms with Crippen LogP contribution in [0.15, 0.2) is 0 Å². The number of hydrogen-bond donors (Lipinski definition) is 1. The van der Waals surface area contributed by atoms with E-state index in [0.717, 1.165) is 6.42 Å². The molecule has 0 aromatic heterocycles. The van der Waals surface area contributed by atoms with Gasteiger partial charge in [0, 0.05) is 6.42 Å². The monoisotopic (exact) mass is 308 g/mol. The molecule has 0 radical (unpaired) electrons. The van der Waals surface area contributed by atoms with Crippen LogP contribution in [0.25, 0.3) is 0 Å². The zero-order chi connectivity index (χ0) is 15.6. The molecular formula is C14H28O7. The average Bonchev–Trinajstić information content (AvgIpc) is 2.48. The highest BCUT2D eigenvalue weighted by molar-refractivity contribution is 5.69. The number of carbonyl (C=O) groups is 1. The molecule has 0 aromatic rings. The quantitative estimate of drug-likeness (QED) is 0.326. The van der Waals surface area contributed by atoms with Gasteiger partial charge in [-0.1, -0.05) is 6.92 Å². The summed E-state index contributed by atoms with van der Waals surface area (Å²) >= 11 is 0. The third-order valence-corrected chi connectivity index (χ3v) is 2.30. The number of esters is 1. The molecule has 0 unspecified atom stereocenters. The lowest BCUT2D eigenvalue weighted by Gasteiger charge is -2.07. The molecule has 0 bridgehead atoms. The normalized spacial score (nSPS) is 10.8. The molecule has 7 heteroatoms. The lowest BCUT2D eigenvalue weighted by atomic mass is 10.3. The number of aliphatic hydroxyl groups excluding tert-OH is 1. The summed E-state index contributed by atoms with van der Waals surface area (Å²) in [5.41, 5.74) is 0. The predicted octanol–water partition coefficient (Wildman–Crippen LogP) is 0.388. The molecule has 1 N–H and O–H groups in total. The zero-order valence-corrected chi connectivity index (χ0v) is 12.9. The summed E-state index contributed by atoms with van der Waals surface area (Å²) in [7, 11) is 0. The predicted molar refractivity (Wildman–Crippen MR) is 76.2 cm³/mol. The van der Waals surface area contributed by atoms with Gasteiger partial charge in [-0.05, 0) is 6.42 Å². The van der Waals surface area contributed by atoms with Crippen molar-refractivity contribution in [2.45, 2.75) is 19.8 Å². The van der Waals surface area contributed by atoms with Gasteiger partial charge >= 0.3 is 5.97 Å². The van der Waals surface area contributed by atoms with Crippen LogP contribution in [0.1, 0.15) is 19.8 Å². The van der Waals surface area contributed by atoms with Gasteiger partial charge in [0.1, 0.15) is 6.61 Å². The Balaban J connectivity index is 3.01. The molecule has 0 spiro atoms. The van der Waals surface area contributed by atoms with Crippen LogP contribution >= 0.6 is 0 Å². The fourth-order valence-electron chi connectivity index (χ4n) is 1.32. The van der Waals surface area contributed by atoms with E-state index in [1.165, 1.54) is 0 Å². The van der Waals surface area contributed by atoms with Crippen LogP contribution in [-0.4, -0.2) is 77.1 Å². The molecule has 0 heterocycles. The van der Waals surface area contributed by atoms with Crippen LogP contribution in [-0.2, 0) is 28.5 Å². The van der Waals surface area contributed by atoms with Gasteiger partial charge in [-0.25, -0.2) is 0 Å². The summed E-state index contributed by atoms with van der Waals surface area (Å²) in [6.07, 6.45) is 1.25. The SMILES string of the molecule is CCCC(=O)OCCOCCOCCOCCOCCO. The molecule has 0 rings (SSSR count). The second-order valence-corrected chi connectivity index (χ2v) is 4.14. The van der Waals surface area contributed by atoms with Crippen LogP contribution in [0.2, 0.25) is 0 Å². The summed E-state index contributed by atoms with van der Waals surface area (Å²) in [6, 6.07) is 0. The second kappa shape index (κ2) is 17.3. The highest BCUT2D eigenvalue weighted by Crippen LogP contribution is 1.91. The van der Waals surface area contributed by atoms with Crippen LogP contribution < -0.4 is 0 Å². The maximum Gasteiger partial charge on any atom is 0.305 e. The maximum absolute atomic E-state index is 11.0. The molecule has 0 aliphatic carbocycles. The topological polar surface area (TPSA) is 83.5 Å². The van der Waals surface area contributed by atoms with Gasteiger partial charge in [-0.15, -0.1) is 0 Å². The average molecular weight is 308 g/mol. The van der Waals surface area contributed by atoms with Crippen molar-refractivity contribution < 1.29 is 33.6 Å². The van der Waals surface area contributed by atoms with Crippen LogP contribution in [0, 0.1) is 0 Å². The Morgan fingerprint density at radius 1 is 0.762 bits per heavy atom. The number of carbonyl (C=O) groups excluding carboxylic acids is 1. The maximum atomic E-state index is 11.0. The lowest BCUT2D eigenvalue weighted by Crippen LogP contribution is -2.14. The molecule has 0 saturated heterocycles. The van der Waals surface area contributed by atoms with Gasteiger partial charge in [-0.3, -0.25) is 4.79 Å². The Labute approximate surface area is 126 Å². The van der Waals surface area contributed by atoms with Crippen molar-refractivity contribution in [1.82, 2.24) is 0 Å². The first kappa shape index (κ1) is 20.3. The summed E-state index contributed by atoms with van der Waals surface area (Å²) in [6.45, 7) is 5.87. The van der Waals surface area contributed by atoms with Gasteiger partial charge in [-0.2, -0.15) is 0 Å². The number of aliphatic hydroxyl groups is 1. The standard InChI is InChI=1S/C14H28O7/c1-2-3-14(16)21-13-12-20-11-10-19-9-8-18-7-6-17-5-4-15/h15H,2-13H2,1H3. The first-order valence-corrected chi connectivity index (χ1v) is 7.38. The summed E-state index contributed by atoms with van der Waals surface area (Å²) in [5, 5.41) is 8.47. The first-order chi connectivity index (χ1) is 10.3. The minimum absolute atomic E-state index is 0.0287. The molecule has 0 amide bonds. The molecule has 0 fully saturated rings. The van der Waals surface area contributed by atoms with E-state index in [1.54, 1.807) is 0 Å². The third kappa shape index (κ3) is 17.2. The Hall–Kier alpha value is -0.730.